The Balaban J connectivity index is 2.08. The number of hydrogen-bond acceptors (Lipinski definition) is 5. The number of sulfonamides is 1. The first-order valence-electron chi connectivity index (χ1n) is 8.70. The van der Waals surface area contributed by atoms with E-state index in [4.69, 9.17) is 0 Å². The molecule has 150 valence electrons. The molecule has 0 aliphatic carbocycles. The van der Waals surface area contributed by atoms with Crippen molar-refractivity contribution in [3.63, 3.8) is 0 Å². The van der Waals surface area contributed by atoms with Crippen LogP contribution in [-0.4, -0.2) is 49.8 Å². The maximum atomic E-state index is 13.5. The van der Waals surface area contributed by atoms with Gasteiger partial charge >= 0.3 is 5.97 Å². The molecule has 1 aliphatic heterocycles. The van der Waals surface area contributed by atoms with Crippen molar-refractivity contribution in [1.82, 2.24) is 4.31 Å². The monoisotopic (exact) mass is 423 g/mol. The summed E-state index contributed by atoms with van der Waals surface area (Å²) in [6.45, 7) is 1.60. The van der Waals surface area contributed by atoms with E-state index < -0.39 is 31.9 Å². The number of nitrogens with zero attached hydrogens (tertiary/aromatic N) is 1. The second kappa shape index (κ2) is 7.65. The molecule has 1 heterocycles. The average molecular weight is 424 g/mol. The van der Waals surface area contributed by atoms with Gasteiger partial charge in [-0.25, -0.2) is 21.6 Å². The van der Waals surface area contributed by atoms with Crippen LogP contribution >= 0.6 is 0 Å². The van der Waals surface area contributed by atoms with Gasteiger partial charge in [0.25, 0.3) is 0 Å². The van der Waals surface area contributed by atoms with Gasteiger partial charge in [0.2, 0.25) is 10.0 Å². The second-order valence-corrected chi connectivity index (χ2v) is 11.0. The third kappa shape index (κ3) is 4.26. The van der Waals surface area contributed by atoms with Crippen LogP contribution in [0.1, 0.15) is 27.9 Å². The van der Waals surface area contributed by atoms with Gasteiger partial charge in [0.15, 0.2) is 9.84 Å². The highest BCUT2D eigenvalue weighted by molar-refractivity contribution is 7.92. The number of carbonyl (C=O) groups is 1. The van der Waals surface area contributed by atoms with Gasteiger partial charge in [-0.1, -0.05) is 36.4 Å². The number of aromatic carboxylic acids is 1. The third-order valence-electron chi connectivity index (χ3n) is 4.82. The van der Waals surface area contributed by atoms with Crippen molar-refractivity contribution in [2.45, 2.75) is 30.8 Å². The summed E-state index contributed by atoms with van der Waals surface area (Å²) in [4.78, 5) is 11.2. The number of hydrogen-bond donors (Lipinski definition) is 1. The molecule has 1 fully saturated rings. The van der Waals surface area contributed by atoms with Gasteiger partial charge in [-0.05, 0) is 36.6 Å². The minimum absolute atomic E-state index is 0.0140. The Labute approximate surface area is 164 Å². The van der Waals surface area contributed by atoms with Crippen molar-refractivity contribution in [1.29, 1.82) is 0 Å². The number of carboxylic acid groups (broad SMARTS) is 1. The Bertz CT molecular complexity index is 1090. The van der Waals surface area contributed by atoms with E-state index in [1.807, 2.05) is 6.07 Å². The largest absolute Gasteiger partial charge is 0.478 e. The highest BCUT2D eigenvalue weighted by atomic mass is 32.2. The van der Waals surface area contributed by atoms with Crippen molar-refractivity contribution in [2.75, 3.05) is 11.5 Å². The Kier molecular flexibility index (Phi) is 5.60. The number of rotatable bonds is 6. The molecule has 7 nitrogen and oxygen atoms in total. The van der Waals surface area contributed by atoms with Crippen LogP contribution in [0.15, 0.2) is 53.4 Å². The molecule has 2 aromatic carbocycles. The lowest BCUT2D eigenvalue weighted by atomic mass is 10.1. The molecule has 0 bridgehead atoms. The molecule has 28 heavy (non-hydrogen) atoms. The van der Waals surface area contributed by atoms with Crippen LogP contribution in [0.3, 0.4) is 0 Å². The summed E-state index contributed by atoms with van der Waals surface area (Å²) in [5.41, 5.74) is 0.995. The average Bonchev–Trinajstić information content (AvgIpc) is 2.99. The fraction of sp³-hybridized carbons (Fsp3) is 0.316. The van der Waals surface area contributed by atoms with Gasteiger partial charge in [-0.3, -0.25) is 0 Å². The molecular formula is C19H21NO6S2. The molecule has 1 N–H and O–H groups in total. The smallest absolute Gasteiger partial charge is 0.335 e. The molecule has 0 amide bonds. The first-order valence-corrected chi connectivity index (χ1v) is 12.0. The predicted octanol–water partition coefficient (Wildman–Crippen LogP) is 2.07. The van der Waals surface area contributed by atoms with Crippen molar-refractivity contribution >= 4 is 25.8 Å². The standard InChI is InChI=1S/C19H21NO6S2/c1-14-7-8-16(19(21)22)11-18(14)28(25,26)20(12-15-5-3-2-4-6-15)17-9-10-27(23,24)13-17/h2-8,11,17H,9-10,12-13H2,1H3,(H,21,22)/t17-/m1/s1. The van der Waals surface area contributed by atoms with Crippen LogP contribution in [0.4, 0.5) is 0 Å². The van der Waals surface area contributed by atoms with Crippen LogP contribution in [0, 0.1) is 6.92 Å². The van der Waals surface area contributed by atoms with Gasteiger partial charge < -0.3 is 5.11 Å². The first-order chi connectivity index (χ1) is 13.1. The minimum Gasteiger partial charge on any atom is -0.478 e. The van der Waals surface area contributed by atoms with E-state index in [0.29, 0.717) is 5.56 Å². The van der Waals surface area contributed by atoms with Gasteiger partial charge in [0, 0.05) is 12.6 Å². The number of aryl methyl sites for hydroxylation is 1. The van der Waals surface area contributed by atoms with Crippen LogP contribution in [0.2, 0.25) is 0 Å². The zero-order chi connectivity index (χ0) is 20.5. The molecule has 0 saturated carbocycles. The topological polar surface area (TPSA) is 109 Å². The molecular weight excluding hydrogens is 402 g/mol. The molecule has 1 atom stereocenters. The highest BCUT2D eigenvalue weighted by Crippen LogP contribution is 2.29. The van der Waals surface area contributed by atoms with Crippen LogP contribution in [0.25, 0.3) is 0 Å². The Morgan fingerprint density at radius 2 is 1.86 bits per heavy atom. The Hall–Kier alpha value is -2.23. The van der Waals surface area contributed by atoms with E-state index in [-0.39, 0.29) is 34.9 Å². The molecule has 9 heteroatoms. The molecule has 2 aromatic rings. The minimum atomic E-state index is -4.11. The molecule has 0 spiro atoms. The van der Waals surface area contributed by atoms with Crippen molar-refractivity contribution in [2.24, 2.45) is 0 Å². The molecule has 1 saturated heterocycles. The quantitative estimate of drug-likeness (QED) is 0.762. The predicted molar refractivity (Wildman–Crippen MR) is 104 cm³/mol. The summed E-state index contributed by atoms with van der Waals surface area (Å²) < 4.78 is 52.1. The van der Waals surface area contributed by atoms with E-state index in [9.17, 15) is 26.7 Å². The van der Waals surface area contributed by atoms with E-state index in [1.165, 1.54) is 16.4 Å². The zero-order valence-electron chi connectivity index (χ0n) is 15.3. The van der Waals surface area contributed by atoms with Crippen molar-refractivity contribution in [3.05, 3.63) is 65.2 Å². The van der Waals surface area contributed by atoms with E-state index >= 15 is 0 Å². The normalized spacial score (nSPS) is 19.0. The molecule has 0 unspecified atom stereocenters. The van der Waals surface area contributed by atoms with Gasteiger partial charge in [-0.2, -0.15) is 4.31 Å². The maximum absolute atomic E-state index is 13.5. The van der Waals surface area contributed by atoms with Crippen LogP contribution in [-0.2, 0) is 26.4 Å². The second-order valence-electron chi connectivity index (χ2n) is 6.88. The molecule has 1 aliphatic rings. The summed E-state index contributed by atoms with van der Waals surface area (Å²) in [6, 6.07) is 12.1. The van der Waals surface area contributed by atoms with E-state index in [1.54, 1.807) is 31.2 Å². The maximum Gasteiger partial charge on any atom is 0.335 e. The van der Waals surface area contributed by atoms with Gasteiger partial charge in [-0.15, -0.1) is 0 Å². The Morgan fingerprint density at radius 3 is 2.43 bits per heavy atom. The van der Waals surface area contributed by atoms with E-state index in [2.05, 4.69) is 0 Å². The van der Waals surface area contributed by atoms with Crippen molar-refractivity contribution < 1.29 is 26.7 Å². The SMILES string of the molecule is Cc1ccc(C(=O)O)cc1S(=O)(=O)N(Cc1ccccc1)[C@@H]1CCS(=O)(=O)C1. The number of carboxylic acids is 1. The number of benzene rings is 2. The molecule has 3 rings (SSSR count). The molecule has 0 aromatic heterocycles. The highest BCUT2D eigenvalue weighted by Gasteiger charge is 2.39. The third-order valence-corrected chi connectivity index (χ3v) is 8.61. The molecule has 0 radical (unpaired) electrons. The van der Waals surface area contributed by atoms with Crippen LogP contribution in [0.5, 0.6) is 0 Å². The summed E-state index contributed by atoms with van der Waals surface area (Å²) in [5.74, 6) is -1.53. The van der Waals surface area contributed by atoms with Gasteiger partial charge in [0.05, 0.1) is 22.0 Å². The fourth-order valence-electron chi connectivity index (χ4n) is 3.31. The summed E-state index contributed by atoms with van der Waals surface area (Å²) in [6.07, 6.45) is 0.214. The fourth-order valence-corrected chi connectivity index (χ4v) is 7.03. The Morgan fingerprint density at radius 1 is 1.18 bits per heavy atom. The summed E-state index contributed by atoms with van der Waals surface area (Å²) in [5, 5.41) is 9.23. The lowest BCUT2D eigenvalue weighted by molar-refractivity contribution is 0.0696. The van der Waals surface area contributed by atoms with Crippen molar-refractivity contribution in [3.8, 4) is 0 Å². The first kappa shape index (κ1) is 20.5. The lowest BCUT2D eigenvalue weighted by Crippen LogP contribution is -2.40. The summed E-state index contributed by atoms with van der Waals surface area (Å²) in [7, 11) is -7.42. The number of sulfone groups is 1. The van der Waals surface area contributed by atoms with Gasteiger partial charge in [0.1, 0.15) is 0 Å². The van der Waals surface area contributed by atoms with Crippen LogP contribution < -0.4 is 0 Å². The lowest BCUT2D eigenvalue weighted by Gasteiger charge is -2.28. The van der Waals surface area contributed by atoms with E-state index in [0.717, 1.165) is 11.6 Å². The zero-order valence-corrected chi connectivity index (χ0v) is 16.9. The summed E-state index contributed by atoms with van der Waals surface area (Å²) >= 11 is 0.